The highest BCUT2D eigenvalue weighted by Gasteiger charge is 2.49. The van der Waals surface area contributed by atoms with E-state index in [1.54, 1.807) is 32.2 Å². The van der Waals surface area contributed by atoms with Crippen LogP contribution in [0.4, 0.5) is 9.18 Å². The fourth-order valence-electron chi connectivity index (χ4n) is 3.10. The number of nitrogens with zero attached hydrogens (tertiary/aromatic N) is 1. The number of nitrogens with one attached hydrogen (secondary N) is 1. The van der Waals surface area contributed by atoms with E-state index in [0.29, 0.717) is 11.3 Å². The molecule has 7 heteroatoms. The van der Waals surface area contributed by atoms with Crippen LogP contribution in [0.5, 0.6) is 5.75 Å². The molecule has 1 aliphatic heterocycles. The highest BCUT2D eigenvalue weighted by molar-refractivity contribution is 6.11. The first-order valence-corrected chi connectivity index (χ1v) is 8.34. The van der Waals surface area contributed by atoms with Crippen molar-refractivity contribution in [2.45, 2.75) is 19.4 Å². The number of carbonyl (C=O) groups excluding carboxylic acids is 3. The van der Waals surface area contributed by atoms with Crippen molar-refractivity contribution in [2.75, 3.05) is 13.7 Å². The Labute approximate surface area is 155 Å². The standard InChI is InChI=1S/C20H19FN2O4/c1-12-10-14(6-9-17(12)27-3)20(2)18(25)23(19(26)22-20)11-16(24)13-4-7-15(21)8-5-13/h4-10H,11H2,1-3H3,(H,22,26). The quantitative estimate of drug-likeness (QED) is 0.649. The van der Waals surface area contributed by atoms with Gasteiger partial charge in [0.05, 0.1) is 13.7 Å². The van der Waals surface area contributed by atoms with Gasteiger partial charge in [-0.15, -0.1) is 0 Å². The van der Waals surface area contributed by atoms with E-state index < -0.39 is 35.6 Å². The molecule has 27 heavy (non-hydrogen) atoms. The van der Waals surface area contributed by atoms with Gasteiger partial charge in [0.25, 0.3) is 5.91 Å². The molecule has 2 aromatic carbocycles. The van der Waals surface area contributed by atoms with E-state index in [2.05, 4.69) is 5.32 Å². The van der Waals surface area contributed by atoms with Crippen LogP contribution in [-0.2, 0) is 10.3 Å². The lowest BCUT2D eigenvalue weighted by Gasteiger charge is -2.23. The SMILES string of the molecule is COc1ccc(C2(C)NC(=O)N(CC(=O)c3ccc(F)cc3)C2=O)cc1C. The van der Waals surface area contributed by atoms with Crippen molar-refractivity contribution in [3.8, 4) is 5.75 Å². The van der Waals surface area contributed by atoms with Crippen molar-refractivity contribution < 1.29 is 23.5 Å². The van der Waals surface area contributed by atoms with E-state index in [4.69, 9.17) is 4.74 Å². The summed E-state index contributed by atoms with van der Waals surface area (Å²) in [4.78, 5) is 38.5. The number of aryl methyl sites for hydroxylation is 1. The zero-order valence-electron chi connectivity index (χ0n) is 15.2. The summed E-state index contributed by atoms with van der Waals surface area (Å²) in [6.07, 6.45) is 0. The Balaban J connectivity index is 1.84. The zero-order chi connectivity index (χ0) is 19.8. The molecule has 0 bridgehead atoms. The Kier molecular flexibility index (Phi) is 4.70. The Hall–Kier alpha value is -3.22. The summed E-state index contributed by atoms with van der Waals surface area (Å²) in [6, 6.07) is 9.50. The summed E-state index contributed by atoms with van der Waals surface area (Å²) >= 11 is 0. The Morgan fingerprint density at radius 2 is 1.85 bits per heavy atom. The maximum absolute atomic E-state index is 13.0. The minimum absolute atomic E-state index is 0.228. The van der Waals surface area contributed by atoms with Crippen LogP contribution in [0.2, 0.25) is 0 Å². The van der Waals surface area contributed by atoms with Crippen molar-refractivity contribution in [2.24, 2.45) is 0 Å². The van der Waals surface area contributed by atoms with Gasteiger partial charge in [0, 0.05) is 5.56 Å². The van der Waals surface area contributed by atoms with Gasteiger partial charge in [-0.1, -0.05) is 6.07 Å². The number of imide groups is 1. The van der Waals surface area contributed by atoms with E-state index in [1.807, 2.05) is 6.92 Å². The molecule has 0 saturated carbocycles. The highest BCUT2D eigenvalue weighted by Crippen LogP contribution is 2.31. The van der Waals surface area contributed by atoms with Crippen molar-refractivity contribution in [3.05, 3.63) is 65.0 Å². The third-order valence-electron chi connectivity index (χ3n) is 4.72. The molecule has 1 atom stereocenters. The number of halogens is 1. The first-order chi connectivity index (χ1) is 12.8. The average Bonchev–Trinajstić information content (AvgIpc) is 2.86. The number of urea groups is 1. The number of ketones is 1. The largest absolute Gasteiger partial charge is 0.496 e. The molecular weight excluding hydrogens is 351 g/mol. The fourth-order valence-corrected chi connectivity index (χ4v) is 3.10. The van der Waals surface area contributed by atoms with Crippen molar-refractivity contribution >= 4 is 17.7 Å². The number of amides is 3. The molecule has 3 rings (SSSR count). The molecule has 1 N–H and O–H groups in total. The molecular formula is C20H19FN2O4. The molecule has 1 unspecified atom stereocenters. The van der Waals surface area contributed by atoms with E-state index in [0.717, 1.165) is 22.6 Å². The third kappa shape index (κ3) is 3.28. The first kappa shape index (κ1) is 18.6. The molecule has 0 aliphatic carbocycles. The fraction of sp³-hybridized carbons (Fsp3) is 0.250. The lowest BCUT2D eigenvalue weighted by Crippen LogP contribution is -2.41. The van der Waals surface area contributed by atoms with Crippen molar-refractivity contribution in [1.82, 2.24) is 10.2 Å². The molecule has 0 spiro atoms. The van der Waals surface area contributed by atoms with Gasteiger partial charge in [0.15, 0.2) is 5.78 Å². The van der Waals surface area contributed by atoms with Crippen molar-refractivity contribution in [1.29, 1.82) is 0 Å². The Morgan fingerprint density at radius 1 is 1.19 bits per heavy atom. The van der Waals surface area contributed by atoms with Gasteiger partial charge in [0.1, 0.15) is 17.1 Å². The van der Waals surface area contributed by atoms with Crippen molar-refractivity contribution in [3.63, 3.8) is 0 Å². The number of carbonyl (C=O) groups is 3. The molecule has 3 amide bonds. The van der Waals surface area contributed by atoms with E-state index >= 15 is 0 Å². The van der Waals surface area contributed by atoms with Crippen LogP contribution in [0.25, 0.3) is 0 Å². The topological polar surface area (TPSA) is 75.7 Å². The molecule has 0 aromatic heterocycles. The third-order valence-corrected chi connectivity index (χ3v) is 4.72. The normalized spacial score (nSPS) is 19.2. The summed E-state index contributed by atoms with van der Waals surface area (Å²) in [6.45, 7) is 3.01. The van der Waals surface area contributed by atoms with Crippen LogP contribution in [-0.4, -0.2) is 36.3 Å². The number of benzene rings is 2. The van der Waals surface area contributed by atoms with Crippen LogP contribution in [0.15, 0.2) is 42.5 Å². The molecule has 1 fully saturated rings. The summed E-state index contributed by atoms with van der Waals surface area (Å²) in [5.74, 6) is -0.771. The molecule has 2 aromatic rings. The monoisotopic (exact) mass is 370 g/mol. The van der Waals surface area contributed by atoms with Gasteiger partial charge in [-0.3, -0.25) is 14.5 Å². The molecule has 1 aliphatic rings. The van der Waals surface area contributed by atoms with Crippen LogP contribution >= 0.6 is 0 Å². The number of rotatable bonds is 5. The van der Waals surface area contributed by atoms with Gasteiger partial charge in [-0.05, 0) is 61.4 Å². The van der Waals surface area contributed by atoms with Gasteiger partial charge >= 0.3 is 6.03 Å². The van der Waals surface area contributed by atoms with Gasteiger partial charge < -0.3 is 10.1 Å². The smallest absolute Gasteiger partial charge is 0.325 e. The van der Waals surface area contributed by atoms with Gasteiger partial charge in [-0.25, -0.2) is 9.18 Å². The number of Topliss-reactive ketones (excluding diaryl/α,β-unsaturated/α-hetero) is 1. The Morgan fingerprint density at radius 3 is 2.44 bits per heavy atom. The van der Waals surface area contributed by atoms with E-state index in [-0.39, 0.29) is 5.56 Å². The zero-order valence-corrected chi connectivity index (χ0v) is 15.2. The maximum Gasteiger partial charge on any atom is 0.325 e. The molecule has 6 nitrogen and oxygen atoms in total. The first-order valence-electron chi connectivity index (χ1n) is 8.34. The van der Waals surface area contributed by atoms with Crippen LogP contribution in [0.1, 0.15) is 28.4 Å². The Bertz CT molecular complexity index is 926. The predicted octanol–water partition coefficient (Wildman–Crippen LogP) is 2.79. The summed E-state index contributed by atoms with van der Waals surface area (Å²) in [5, 5.41) is 2.66. The number of methoxy groups -OCH3 is 1. The molecule has 0 radical (unpaired) electrons. The molecule has 1 saturated heterocycles. The lowest BCUT2D eigenvalue weighted by atomic mass is 9.90. The average molecular weight is 370 g/mol. The van der Waals surface area contributed by atoms with Crippen LogP contribution in [0, 0.1) is 12.7 Å². The summed E-state index contributed by atoms with van der Waals surface area (Å²) in [7, 11) is 1.55. The summed E-state index contributed by atoms with van der Waals surface area (Å²) in [5.41, 5.74) is 0.359. The van der Waals surface area contributed by atoms with Gasteiger partial charge in [-0.2, -0.15) is 0 Å². The minimum atomic E-state index is -1.28. The molecule has 1 heterocycles. The van der Waals surface area contributed by atoms with Crippen LogP contribution < -0.4 is 10.1 Å². The van der Waals surface area contributed by atoms with Gasteiger partial charge in [0.2, 0.25) is 0 Å². The number of hydrogen-bond acceptors (Lipinski definition) is 4. The van der Waals surface area contributed by atoms with Crippen LogP contribution in [0.3, 0.4) is 0 Å². The summed E-state index contributed by atoms with van der Waals surface area (Å²) < 4.78 is 18.2. The molecule has 140 valence electrons. The number of hydrogen-bond donors (Lipinski definition) is 1. The second-order valence-electron chi connectivity index (χ2n) is 6.56. The van der Waals surface area contributed by atoms with E-state index in [9.17, 15) is 18.8 Å². The minimum Gasteiger partial charge on any atom is -0.496 e. The second kappa shape index (κ2) is 6.83. The maximum atomic E-state index is 13.0. The van der Waals surface area contributed by atoms with E-state index in [1.165, 1.54) is 12.1 Å². The predicted molar refractivity (Wildman–Crippen MR) is 96.1 cm³/mol. The highest BCUT2D eigenvalue weighted by atomic mass is 19.1. The second-order valence-corrected chi connectivity index (χ2v) is 6.56. The lowest BCUT2D eigenvalue weighted by molar-refractivity contribution is -0.130. The number of ether oxygens (including phenoxy) is 1.